The molecule has 1 aromatic heterocycles. The molecular weight excluding hydrogens is 390 g/mol. The molecule has 2 aromatic carbocycles. The summed E-state index contributed by atoms with van der Waals surface area (Å²) in [5.74, 6) is -0.648. The third-order valence-corrected chi connectivity index (χ3v) is 5.32. The maximum absolute atomic E-state index is 12.9. The Kier molecular flexibility index (Phi) is 4.94. The lowest BCUT2D eigenvalue weighted by atomic mass is 10.2. The molecule has 0 saturated carbocycles. The van der Waals surface area contributed by atoms with Crippen molar-refractivity contribution in [3.05, 3.63) is 70.2 Å². The Labute approximate surface area is 153 Å². The van der Waals surface area contributed by atoms with Crippen LogP contribution in [0.1, 0.15) is 5.56 Å². The van der Waals surface area contributed by atoms with Gasteiger partial charge in [0, 0.05) is 15.6 Å². The zero-order chi connectivity index (χ0) is 18.0. The largest absolute Gasteiger partial charge is 0.264 e. The highest BCUT2D eigenvalue weighted by Crippen LogP contribution is 2.25. The summed E-state index contributed by atoms with van der Waals surface area (Å²) < 4.78 is 41.0. The number of nitrogens with one attached hydrogen (secondary N) is 1. The van der Waals surface area contributed by atoms with Gasteiger partial charge in [-0.05, 0) is 36.4 Å². The number of benzene rings is 2. The number of nitrogens with zero attached hydrogens (tertiary/aromatic N) is 3. The molecule has 0 aliphatic heterocycles. The average Bonchev–Trinajstić information content (AvgIpc) is 2.98. The number of halogens is 3. The molecule has 0 atom stereocenters. The van der Waals surface area contributed by atoms with Crippen molar-refractivity contribution in [2.24, 2.45) is 0 Å². The third kappa shape index (κ3) is 4.09. The first-order valence-corrected chi connectivity index (χ1v) is 9.20. The highest BCUT2D eigenvalue weighted by atomic mass is 35.5. The molecule has 0 radical (unpaired) electrons. The molecule has 0 bridgehead atoms. The molecule has 0 aliphatic carbocycles. The highest BCUT2D eigenvalue weighted by molar-refractivity contribution is 7.92. The fourth-order valence-electron chi connectivity index (χ4n) is 2.06. The van der Waals surface area contributed by atoms with Crippen molar-refractivity contribution in [2.45, 2.75) is 11.4 Å². The average molecular weight is 401 g/mol. The minimum absolute atomic E-state index is 0.0978. The van der Waals surface area contributed by atoms with Gasteiger partial charge in [-0.2, -0.15) is 4.98 Å². The summed E-state index contributed by atoms with van der Waals surface area (Å²) in [7, 11) is -3.91. The minimum atomic E-state index is -3.91. The van der Waals surface area contributed by atoms with E-state index in [1.165, 1.54) is 11.0 Å². The molecule has 25 heavy (non-hydrogen) atoms. The fraction of sp³-hybridized carbons (Fsp3) is 0.0667. The second-order valence-electron chi connectivity index (χ2n) is 5.03. The maximum atomic E-state index is 12.9. The number of aromatic nitrogens is 3. The Hall–Kier alpha value is -2.16. The van der Waals surface area contributed by atoms with Gasteiger partial charge in [-0.15, -0.1) is 5.10 Å². The van der Waals surface area contributed by atoms with Crippen LogP contribution in [0.3, 0.4) is 0 Å². The predicted octanol–water partition coefficient (Wildman–Crippen LogP) is 3.57. The van der Waals surface area contributed by atoms with Crippen LogP contribution in [0.4, 0.5) is 10.3 Å². The van der Waals surface area contributed by atoms with E-state index >= 15 is 0 Å². The normalized spacial score (nSPS) is 11.5. The number of anilines is 1. The summed E-state index contributed by atoms with van der Waals surface area (Å²) >= 11 is 12.2. The molecule has 0 saturated heterocycles. The molecule has 130 valence electrons. The first kappa shape index (κ1) is 17.7. The fourth-order valence-corrected chi connectivity index (χ4v) is 3.52. The van der Waals surface area contributed by atoms with Crippen molar-refractivity contribution in [1.82, 2.24) is 14.8 Å². The SMILES string of the molecule is O=S(=O)(Nc1ncn(Cc2c(Cl)cccc2Cl)n1)c1ccc(F)cc1. The smallest absolute Gasteiger partial charge is 0.246 e. The van der Waals surface area contributed by atoms with Gasteiger partial charge in [-0.3, -0.25) is 0 Å². The monoisotopic (exact) mass is 400 g/mol. The van der Waals surface area contributed by atoms with Crippen LogP contribution in [0.2, 0.25) is 10.0 Å². The van der Waals surface area contributed by atoms with E-state index in [0.717, 1.165) is 24.3 Å². The van der Waals surface area contributed by atoms with Crippen molar-refractivity contribution in [3.8, 4) is 0 Å². The molecule has 3 aromatic rings. The Morgan fingerprint density at radius 1 is 1.08 bits per heavy atom. The van der Waals surface area contributed by atoms with Gasteiger partial charge in [0.05, 0.1) is 11.4 Å². The second-order valence-corrected chi connectivity index (χ2v) is 7.52. The van der Waals surface area contributed by atoms with E-state index in [1.54, 1.807) is 18.2 Å². The zero-order valence-corrected chi connectivity index (χ0v) is 14.9. The Morgan fingerprint density at radius 2 is 1.72 bits per heavy atom. The van der Waals surface area contributed by atoms with E-state index in [2.05, 4.69) is 14.8 Å². The molecule has 6 nitrogen and oxygen atoms in total. The zero-order valence-electron chi connectivity index (χ0n) is 12.5. The molecule has 0 unspecified atom stereocenters. The summed E-state index contributed by atoms with van der Waals surface area (Å²) in [5.41, 5.74) is 0.642. The van der Waals surface area contributed by atoms with Crippen LogP contribution in [-0.2, 0) is 16.6 Å². The molecule has 3 rings (SSSR count). The van der Waals surface area contributed by atoms with Gasteiger partial charge in [-0.1, -0.05) is 29.3 Å². The Morgan fingerprint density at radius 3 is 2.36 bits per heavy atom. The summed E-state index contributed by atoms with van der Waals surface area (Å²) in [5, 5.41) is 4.98. The van der Waals surface area contributed by atoms with Gasteiger partial charge in [0.1, 0.15) is 12.1 Å². The summed E-state index contributed by atoms with van der Waals surface area (Å²) in [6.45, 7) is 0.226. The first-order chi connectivity index (χ1) is 11.8. The number of sulfonamides is 1. The van der Waals surface area contributed by atoms with Gasteiger partial charge in [0.2, 0.25) is 0 Å². The van der Waals surface area contributed by atoms with Gasteiger partial charge in [-0.25, -0.2) is 22.2 Å². The van der Waals surface area contributed by atoms with E-state index in [-0.39, 0.29) is 17.4 Å². The van der Waals surface area contributed by atoms with Crippen LogP contribution < -0.4 is 4.72 Å². The lowest BCUT2D eigenvalue weighted by Gasteiger charge is -2.06. The molecule has 1 heterocycles. The van der Waals surface area contributed by atoms with E-state index in [4.69, 9.17) is 23.2 Å². The van der Waals surface area contributed by atoms with Gasteiger partial charge >= 0.3 is 0 Å². The van der Waals surface area contributed by atoms with E-state index in [0.29, 0.717) is 15.6 Å². The van der Waals surface area contributed by atoms with Crippen LogP contribution >= 0.6 is 23.2 Å². The van der Waals surface area contributed by atoms with E-state index < -0.39 is 15.8 Å². The van der Waals surface area contributed by atoms with E-state index in [9.17, 15) is 12.8 Å². The minimum Gasteiger partial charge on any atom is -0.246 e. The molecule has 0 aliphatic rings. The van der Waals surface area contributed by atoms with Crippen molar-refractivity contribution >= 4 is 39.2 Å². The quantitative estimate of drug-likeness (QED) is 0.709. The van der Waals surface area contributed by atoms with Gasteiger partial charge in [0.15, 0.2) is 0 Å². The molecule has 0 fully saturated rings. The van der Waals surface area contributed by atoms with Crippen molar-refractivity contribution in [1.29, 1.82) is 0 Å². The van der Waals surface area contributed by atoms with Gasteiger partial charge in [0.25, 0.3) is 16.0 Å². The lowest BCUT2D eigenvalue weighted by molar-refractivity contribution is 0.599. The standard InChI is InChI=1S/C15H11Cl2FN4O2S/c16-13-2-1-3-14(17)12(13)8-22-9-19-15(20-22)21-25(23,24)11-6-4-10(18)5-7-11/h1-7,9H,8H2,(H,20,21). The highest BCUT2D eigenvalue weighted by Gasteiger charge is 2.17. The van der Waals surface area contributed by atoms with E-state index in [1.807, 2.05) is 0 Å². The second kappa shape index (κ2) is 6.99. The summed E-state index contributed by atoms with van der Waals surface area (Å²) in [6, 6.07) is 9.52. The summed E-state index contributed by atoms with van der Waals surface area (Å²) in [6.07, 6.45) is 1.35. The van der Waals surface area contributed by atoms with Crippen LogP contribution in [0.15, 0.2) is 53.7 Å². The van der Waals surface area contributed by atoms with Gasteiger partial charge < -0.3 is 0 Å². The Bertz CT molecular complexity index is 986. The van der Waals surface area contributed by atoms with Crippen LogP contribution in [0.5, 0.6) is 0 Å². The molecule has 0 spiro atoms. The molecular formula is C15H11Cl2FN4O2S. The molecule has 1 N–H and O–H groups in total. The lowest BCUT2D eigenvalue weighted by Crippen LogP contribution is -2.14. The maximum Gasteiger partial charge on any atom is 0.264 e. The van der Waals surface area contributed by atoms with Crippen molar-refractivity contribution < 1.29 is 12.8 Å². The third-order valence-electron chi connectivity index (χ3n) is 3.27. The van der Waals surface area contributed by atoms with Crippen LogP contribution in [-0.4, -0.2) is 23.2 Å². The number of hydrogen-bond acceptors (Lipinski definition) is 4. The molecule has 10 heteroatoms. The molecule has 0 amide bonds. The summed E-state index contributed by atoms with van der Waals surface area (Å²) in [4.78, 5) is 3.80. The van der Waals surface area contributed by atoms with Crippen molar-refractivity contribution in [2.75, 3.05) is 4.72 Å². The van der Waals surface area contributed by atoms with Crippen LogP contribution in [0.25, 0.3) is 0 Å². The number of hydrogen-bond donors (Lipinski definition) is 1. The first-order valence-electron chi connectivity index (χ1n) is 6.96. The number of rotatable bonds is 5. The van der Waals surface area contributed by atoms with Crippen LogP contribution in [0, 0.1) is 5.82 Å². The topological polar surface area (TPSA) is 76.9 Å². The Balaban J connectivity index is 1.79. The predicted molar refractivity (Wildman–Crippen MR) is 92.8 cm³/mol. The van der Waals surface area contributed by atoms with Crippen molar-refractivity contribution in [3.63, 3.8) is 0 Å².